The number of aliphatic carboxylic acids is 1. The van der Waals surface area contributed by atoms with Crippen LogP contribution in [0.25, 0.3) is 10.9 Å². The van der Waals surface area contributed by atoms with Crippen LogP contribution in [0.5, 0.6) is 5.75 Å². The van der Waals surface area contributed by atoms with E-state index < -0.39 is 20.2 Å². The van der Waals surface area contributed by atoms with E-state index in [1.165, 1.54) is 6.92 Å². The van der Waals surface area contributed by atoms with E-state index in [1.54, 1.807) is 30.3 Å². The molecule has 1 N–H and O–H groups in total. The van der Waals surface area contributed by atoms with Gasteiger partial charge >= 0.3 is 14.1 Å². The molecule has 2 rings (SSSR count). The molecular weight excluding hydrogens is 303 g/mol. The molecule has 0 radical (unpaired) electrons. The number of carbonyl (C=O) groups is 1. The summed E-state index contributed by atoms with van der Waals surface area (Å²) in [5.74, 6) is -0.850. The second kappa shape index (κ2) is 6.13. The van der Waals surface area contributed by atoms with Crippen molar-refractivity contribution >= 4 is 36.6 Å². The summed E-state index contributed by atoms with van der Waals surface area (Å²) in [6.07, 6.45) is 0. The number of pyridine rings is 1. The molecule has 1 aromatic heterocycles. The number of carboxylic acids is 1. The van der Waals surface area contributed by atoms with Crippen molar-refractivity contribution in [1.29, 1.82) is 0 Å². The average molecular weight is 313 g/mol. The first-order valence-electron chi connectivity index (χ1n) is 5.61. The molecule has 0 aliphatic carbocycles. The molecule has 8 heteroatoms. The third-order valence-corrected chi connectivity index (χ3v) is 3.56. The van der Waals surface area contributed by atoms with E-state index in [0.717, 1.165) is 0 Å². The highest BCUT2D eigenvalue weighted by Gasteiger charge is 2.16. The van der Waals surface area contributed by atoms with Crippen LogP contribution in [0.2, 0.25) is 5.15 Å². The van der Waals surface area contributed by atoms with Crippen LogP contribution >= 0.6 is 19.8 Å². The summed E-state index contributed by atoms with van der Waals surface area (Å²) in [7, 11) is -2.48. The monoisotopic (exact) mass is 312 g/mol. The number of halogens is 1. The van der Waals surface area contributed by atoms with Crippen LogP contribution in [0.3, 0.4) is 0 Å². The summed E-state index contributed by atoms with van der Waals surface area (Å²) in [6, 6.07) is 7.18. The molecule has 0 amide bonds. The van der Waals surface area contributed by atoms with Crippen molar-refractivity contribution in [2.45, 2.75) is 13.0 Å². The molecule has 0 aliphatic rings. The Morgan fingerprint density at radius 2 is 2.25 bits per heavy atom. The molecule has 0 aliphatic heterocycles. The number of aromatic nitrogens is 1. The quantitative estimate of drug-likeness (QED) is 0.691. The van der Waals surface area contributed by atoms with Crippen molar-refractivity contribution in [3.8, 4) is 5.75 Å². The maximum absolute atomic E-state index is 11.7. The lowest BCUT2D eigenvalue weighted by molar-refractivity contribution is -0.169. The first-order valence-corrected chi connectivity index (χ1v) is 7.12. The van der Waals surface area contributed by atoms with Gasteiger partial charge in [-0.1, -0.05) is 22.4 Å². The minimum Gasteiger partial charge on any atom is -0.575 e. The van der Waals surface area contributed by atoms with E-state index in [0.29, 0.717) is 21.8 Å². The summed E-state index contributed by atoms with van der Waals surface area (Å²) in [5, 5.41) is 9.66. The van der Waals surface area contributed by atoms with Gasteiger partial charge in [-0.05, 0) is 31.2 Å². The SMILES string of the molecule is CC(N=[P+]([O-])Oc1cccc2nc(Cl)ccc12)C(=O)O. The van der Waals surface area contributed by atoms with Gasteiger partial charge in [0, 0.05) is 5.39 Å². The molecule has 0 bridgehead atoms. The van der Waals surface area contributed by atoms with Crippen LogP contribution in [0.1, 0.15) is 6.92 Å². The van der Waals surface area contributed by atoms with E-state index >= 15 is 0 Å². The molecule has 0 saturated heterocycles. The highest BCUT2D eigenvalue weighted by atomic mass is 35.5. The van der Waals surface area contributed by atoms with E-state index in [4.69, 9.17) is 21.2 Å². The first-order chi connectivity index (χ1) is 9.47. The van der Waals surface area contributed by atoms with Gasteiger partial charge in [0.15, 0.2) is 11.8 Å². The molecule has 0 spiro atoms. The number of fused-ring (bicyclic) bond motifs is 1. The topological polar surface area (TPSA) is 94.8 Å². The third kappa shape index (κ3) is 3.42. The molecule has 1 aromatic carbocycles. The van der Waals surface area contributed by atoms with Gasteiger partial charge in [-0.3, -0.25) is 4.52 Å². The van der Waals surface area contributed by atoms with Crippen molar-refractivity contribution in [1.82, 2.24) is 4.98 Å². The predicted octanol–water partition coefficient (Wildman–Crippen LogP) is 2.60. The van der Waals surface area contributed by atoms with Crippen LogP contribution < -0.4 is 9.42 Å². The van der Waals surface area contributed by atoms with Gasteiger partial charge in [-0.25, -0.2) is 9.78 Å². The van der Waals surface area contributed by atoms with Crippen LogP contribution in [-0.4, -0.2) is 22.1 Å². The van der Waals surface area contributed by atoms with Crippen LogP contribution in [-0.2, 0) is 4.79 Å². The Balaban J connectivity index is 2.32. The minimum atomic E-state index is -2.48. The second-order valence-electron chi connectivity index (χ2n) is 3.92. The fraction of sp³-hybridized carbons (Fsp3) is 0.167. The summed E-state index contributed by atoms with van der Waals surface area (Å²) < 4.78 is 8.72. The Morgan fingerprint density at radius 1 is 1.50 bits per heavy atom. The zero-order chi connectivity index (χ0) is 14.7. The number of benzene rings is 1. The fourth-order valence-electron chi connectivity index (χ4n) is 1.48. The number of nitrogens with zero attached hydrogens (tertiary/aromatic N) is 2. The summed E-state index contributed by atoms with van der Waals surface area (Å²) in [5.41, 5.74) is 0.588. The van der Waals surface area contributed by atoms with Gasteiger partial charge < -0.3 is 10.00 Å². The Kier molecular flexibility index (Phi) is 4.49. The van der Waals surface area contributed by atoms with Crippen molar-refractivity contribution in [3.63, 3.8) is 0 Å². The minimum absolute atomic E-state index is 0.314. The lowest BCUT2D eigenvalue weighted by Crippen LogP contribution is -2.13. The highest BCUT2D eigenvalue weighted by molar-refractivity contribution is 7.34. The second-order valence-corrected chi connectivity index (χ2v) is 5.19. The van der Waals surface area contributed by atoms with E-state index in [9.17, 15) is 9.69 Å². The molecule has 0 saturated carbocycles. The average Bonchev–Trinajstić information content (AvgIpc) is 2.38. The van der Waals surface area contributed by atoms with Crippen molar-refractivity contribution in [2.24, 2.45) is 4.74 Å². The van der Waals surface area contributed by atoms with Crippen molar-refractivity contribution < 1.29 is 19.3 Å². The summed E-state index contributed by atoms with van der Waals surface area (Å²) in [4.78, 5) is 26.4. The molecular formula is C12H10ClN2O4P. The zero-order valence-electron chi connectivity index (χ0n) is 10.4. The lowest BCUT2D eigenvalue weighted by atomic mass is 10.2. The zero-order valence-corrected chi connectivity index (χ0v) is 12.0. The van der Waals surface area contributed by atoms with Crippen molar-refractivity contribution in [3.05, 3.63) is 35.5 Å². The Hall–Kier alpha value is -1.75. The van der Waals surface area contributed by atoms with Gasteiger partial charge in [0.2, 0.25) is 0 Å². The number of hydrogen-bond donors (Lipinski definition) is 1. The van der Waals surface area contributed by atoms with E-state index in [2.05, 4.69) is 9.73 Å². The van der Waals surface area contributed by atoms with E-state index in [1.807, 2.05) is 0 Å². The lowest BCUT2D eigenvalue weighted by Gasteiger charge is -2.04. The molecule has 1 heterocycles. The summed E-state index contributed by atoms with van der Waals surface area (Å²) in [6.45, 7) is 1.32. The molecule has 6 nitrogen and oxygen atoms in total. The molecule has 2 atom stereocenters. The standard InChI is InChI=1S/C12H10ClN2O4P/c1-7(12(16)17)15-20(18)19-10-4-2-3-9-8(10)5-6-11(13)14-9/h2-7H,1H3,(H,16,17). The largest absolute Gasteiger partial charge is 0.575 e. The molecule has 104 valence electrons. The van der Waals surface area contributed by atoms with Gasteiger partial charge in [-0.15, -0.1) is 0 Å². The normalized spacial score (nSPS) is 13.2. The molecule has 2 unspecified atom stereocenters. The van der Waals surface area contributed by atoms with Gasteiger partial charge in [0.05, 0.1) is 5.52 Å². The Labute approximate surface area is 120 Å². The fourth-order valence-corrected chi connectivity index (χ4v) is 2.39. The highest BCUT2D eigenvalue weighted by Crippen LogP contribution is 2.31. The van der Waals surface area contributed by atoms with Crippen LogP contribution in [0.15, 0.2) is 35.1 Å². The first kappa shape index (κ1) is 14.7. The van der Waals surface area contributed by atoms with Crippen LogP contribution in [0, 0.1) is 0 Å². The Morgan fingerprint density at radius 3 is 2.95 bits per heavy atom. The Bertz CT molecular complexity index is 692. The van der Waals surface area contributed by atoms with Gasteiger partial charge in [-0.2, -0.15) is 0 Å². The number of carboxylic acid groups (broad SMARTS) is 1. The number of rotatable bonds is 4. The van der Waals surface area contributed by atoms with Gasteiger partial charge in [0.25, 0.3) is 0 Å². The molecule has 0 fully saturated rings. The van der Waals surface area contributed by atoms with Crippen LogP contribution in [0.4, 0.5) is 0 Å². The molecule has 20 heavy (non-hydrogen) atoms. The third-order valence-electron chi connectivity index (χ3n) is 2.46. The predicted molar refractivity (Wildman–Crippen MR) is 73.8 cm³/mol. The van der Waals surface area contributed by atoms with E-state index in [-0.39, 0.29) is 0 Å². The maximum atomic E-state index is 11.7. The smallest absolute Gasteiger partial charge is 0.395 e. The molecule has 2 aromatic rings. The number of hydrogen-bond acceptors (Lipinski definition) is 5. The maximum Gasteiger partial charge on any atom is 0.395 e. The van der Waals surface area contributed by atoms with Gasteiger partial charge in [0.1, 0.15) is 5.15 Å². The van der Waals surface area contributed by atoms with Crippen molar-refractivity contribution in [2.75, 3.05) is 0 Å². The summed E-state index contributed by atoms with van der Waals surface area (Å²) >= 11 is 5.79.